The Balaban J connectivity index is 3.73. The lowest BCUT2D eigenvalue weighted by atomic mass is 10.6. The van der Waals surface area contributed by atoms with E-state index in [1.807, 2.05) is 5.32 Å². The van der Waals surface area contributed by atoms with E-state index in [-0.39, 0.29) is 0 Å². The molecule has 0 aromatic carbocycles. The molecule has 2 amide bonds. The van der Waals surface area contributed by atoms with E-state index in [0.29, 0.717) is 0 Å². The number of hydrazine groups is 1. The summed E-state index contributed by atoms with van der Waals surface area (Å²) in [5.74, 6) is 2.89. The molecule has 0 rings (SSSR count). The van der Waals surface area contributed by atoms with Crippen molar-refractivity contribution in [3.05, 3.63) is 12.8 Å². The molecule has 0 aliphatic rings. The van der Waals surface area contributed by atoms with Gasteiger partial charge in [-0.15, -0.1) is 0 Å². The summed E-state index contributed by atoms with van der Waals surface area (Å²) in [5.41, 5.74) is 1.65. The number of carbonyl (C=O) groups excluding carboxylic acids is 2. The van der Waals surface area contributed by atoms with E-state index in [9.17, 15) is 9.59 Å². The number of amides is 2. The lowest BCUT2D eigenvalue weighted by molar-refractivity contribution is -0.138. The number of nitrogens with one attached hydrogen (secondary N) is 2. The van der Waals surface area contributed by atoms with Crippen LogP contribution in [0.25, 0.3) is 0 Å². The van der Waals surface area contributed by atoms with Crippen molar-refractivity contribution in [2.75, 3.05) is 0 Å². The first kappa shape index (κ1) is 7.64. The molecule has 0 radical (unpaired) electrons. The summed E-state index contributed by atoms with van der Waals surface area (Å²) in [4.78, 5) is 20.5. The van der Waals surface area contributed by atoms with E-state index in [2.05, 4.69) is 12.4 Å². The molecular formula is C4H7N3O2. The Morgan fingerprint density at radius 3 is 2.33 bits per heavy atom. The first-order valence-corrected chi connectivity index (χ1v) is 2.14. The molecule has 0 aliphatic carbocycles. The van der Waals surface area contributed by atoms with Crippen LogP contribution in [0.15, 0.2) is 12.8 Å². The summed E-state index contributed by atoms with van der Waals surface area (Å²) in [6, 6.07) is 0. The highest BCUT2D eigenvalue weighted by Gasteiger charge is 2.07. The third-order valence-electron chi connectivity index (χ3n) is 0.570. The second-order valence-electron chi connectivity index (χ2n) is 1.15. The second kappa shape index (κ2) is 3.62. The van der Waals surface area contributed by atoms with Crippen molar-refractivity contribution in [3.63, 3.8) is 0 Å². The van der Waals surface area contributed by atoms with Crippen LogP contribution in [0, 0.1) is 0 Å². The topological polar surface area (TPSA) is 84.2 Å². The van der Waals surface area contributed by atoms with Gasteiger partial charge in [0, 0.05) is 0 Å². The molecule has 0 bridgehead atoms. The van der Waals surface area contributed by atoms with Gasteiger partial charge in [-0.05, 0) is 6.20 Å². The van der Waals surface area contributed by atoms with Gasteiger partial charge in [0.1, 0.15) is 0 Å². The maximum atomic E-state index is 10.3. The van der Waals surface area contributed by atoms with Crippen LogP contribution in [0.2, 0.25) is 0 Å². The zero-order valence-corrected chi connectivity index (χ0v) is 4.68. The molecule has 0 atom stereocenters. The fourth-order valence-corrected chi connectivity index (χ4v) is 0.224. The quantitative estimate of drug-likeness (QED) is 0.170. The van der Waals surface area contributed by atoms with E-state index in [4.69, 9.17) is 0 Å². The lowest BCUT2D eigenvalue weighted by Crippen LogP contribution is -2.41. The van der Waals surface area contributed by atoms with Gasteiger partial charge in [0.15, 0.2) is 0 Å². The molecule has 0 aromatic rings. The van der Waals surface area contributed by atoms with E-state index in [1.54, 1.807) is 5.43 Å². The molecule has 9 heavy (non-hydrogen) atoms. The molecule has 0 saturated carbocycles. The summed E-state index contributed by atoms with van der Waals surface area (Å²) >= 11 is 0. The van der Waals surface area contributed by atoms with Crippen molar-refractivity contribution in [1.82, 2.24) is 10.7 Å². The molecule has 5 heteroatoms. The standard InChI is InChI=1S/C4H7N3O2/c1-2-6-3(8)4(9)7-5/h2H,1,5H2,(H,6,8)(H,7,9). The number of hydrogen-bond donors (Lipinski definition) is 3. The second-order valence-corrected chi connectivity index (χ2v) is 1.15. The van der Waals surface area contributed by atoms with Gasteiger partial charge in [-0.1, -0.05) is 6.58 Å². The SMILES string of the molecule is C=CNC(=O)C(=O)NN. The Morgan fingerprint density at radius 2 is 2.00 bits per heavy atom. The minimum atomic E-state index is -0.894. The average molecular weight is 129 g/mol. The van der Waals surface area contributed by atoms with Gasteiger partial charge in [0.05, 0.1) is 0 Å². The molecule has 0 aromatic heterocycles. The summed E-state index contributed by atoms with van der Waals surface area (Å²) in [7, 11) is 0. The van der Waals surface area contributed by atoms with Gasteiger partial charge >= 0.3 is 11.8 Å². The molecule has 0 saturated heterocycles. The van der Waals surface area contributed by atoms with Crippen molar-refractivity contribution in [2.45, 2.75) is 0 Å². The fraction of sp³-hybridized carbons (Fsp3) is 0. The number of nitrogens with two attached hydrogens (primary N) is 1. The van der Waals surface area contributed by atoms with Gasteiger partial charge in [0.2, 0.25) is 0 Å². The Hall–Kier alpha value is -1.36. The van der Waals surface area contributed by atoms with Crippen LogP contribution < -0.4 is 16.6 Å². The van der Waals surface area contributed by atoms with E-state index >= 15 is 0 Å². The molecule has 5 nitrogen and oxygen atoms in total. The minimum Gasteiger partial charge on any atom is -0.325 e. The lowest BCUT2D eigenvalue weighted by Gasteiger charge is -1.94. The number of hydrogen-bond acceptors (Lipinski definition) is 3. The van der Waals surface area contributed by atoms with E-state index in [0.717, 1.165) is 6.20 Å². The predicted octanol–water partition coefficient (Wildman–Crippen LogP) is -1.76. The Labute approximate surface area is 51.9 Å². The van der Waals surface area contributed by atoms with Crippen molar-refractivity contribution >= 4 is 11.8 Å². The maximum Gasteiger partial charge on any atom is 0.323 e. The highest BCUT2D eigenvalue weighted by Crippen LogP contribution is 1.62. The van der Waals surface area contributed by atoms with Crippen LogP contribution in [0.5, 0.6) is 0 Å². The Bertz CT molecular complexity index is 143. The third kappa shape index (κ3) is 2.45. The van der Waals surface area contributed by atoms with Crippen molar-refractivity contribution in [1.29, 1.82) is 0 Å². The molecule has 4 N–H and O–H groups in total. The normalized spacial score (nSPS) is 7.67. The molecule has 0 heterocycles. The van der Waals surface area contributed by atoms with Crippen LogP contribution >= 0.6 is 0 Å². The Morgan fingerprint density at radius 1 is 1.44 bits per heavy atom. The van der Waals surface area contributed by atoms with Gasteiger partial charge in [-0.25, -0.2) is 5.84 Å². The first-order chi connectivity index (χ1) is 4.22. The van der Waals surface area contributed by atoms with Crippen LogP contribution in [-0.2, 0) is 9.59 Å². The van der Waals surface area contributed by atoms with Gasteiger partial charge in [0.25, 0.3) is 0 Å². The van der Waals surface area contributed by atoms with Crippen molar-refractivity contribution in [3.8, 4) is 0 Å². The summed E-state index contributed by atoms with van der Waals surface area (Å²) in [5, 5.41) is 2.03. The molecule has 0 aliphatic heterocycles. The number of carbonyl (C=O) groups is 2. The third-order valence-corrected chi connectivity index (χ3v) is 0.570. The molecule has 50 valence electrons. The summed E-state index contributed by atoms with van der Waals surface area (Å²) < 4.78 is 0. The molecule has 0 spiro atoms. The van der Waals surface area contributed by atoms with Crippen molar-refractivity contribution in [2.24, 2.45) is 5.84 Å². The van der Waals surface area contributed by atoms with Crippen LogP contribution in [-0.4, -0.2) is 11.8 Å². The van der Waals surface area contributed by atoms with Crippen LogP contribution in [0.1, 0.15) is 0 Å². The zero-order chi connectivity index (χ0) is 7.28. The van der Waals surface area contributed by atoms with Gasteiger partial charge in [-0.3, -0.25) is 15.0 Å². The van der Waals surface area contributed by atoms with Gasteiger partial charge in [-0.2, -0.15) is 0 Å². The summed E-state index contributed by atoms with van der Waals surface area (Å²) in [6.45, 7) is 3.16. The van der Waals surface area contributed by atoms with Crippen LogP contribution in [0.3, 0.4) is 0 Å². The smallest absolute Gasteiger partial charge is 0.323 e. The fourth-order valence-electron chi connectivity index (χ4n) is 0.224. The molecule has 0 unspecified atom stereocenters. The molecular weight excluding hydrogens is 122 g/mol. The first-order valence-electron chi connectivity index (χ1n) is 2.14. The monoisotopic (exact) mass is 129 g/mol. The zero-order valence-electron chi connectivity index (χ0n) is 4.68. The van der Waals surface area contributed by atoms with Crippen LogP contribution in [0.4, 0.5) is 0 Å². The summed E-state index contributed by atoms with van der Waals surface area (Å²) in [6.07, 6.45) is 1.09. The van der Waals surface area contributed by atoms with E-state index < -0.39 is 11.8 Å². The minimum absolute atomic E-state index is 0.826. The molecule has 0 fully saturated rings. The number of rotatable bonds is 1. The van der Waals surface area contributed by atoms with E-state index in [1.165, 1.54) is 0 Å². The van der Waals surface area contributed by atoms with Gasteiger partial charge < -0.3 is 5.32 Å². The van der Waals surface area contributed by atoms with Crippen molar-refractivity contribution < 1.29 is 9.59 Å². The highest BCUT2D eigenvalue weighted by atomic mass is 16.2. The largest absolute Gasteiger partial charge is 0.325 e. The highest BCUT2D eigenvalue weighted by molar-refractivity contribution is 6.35. The Kier molecular flexibility index (Phi) is 3.07. The average Bonchev–Trinajstić information content (AvgIpc) is 1.87. The maximum absolute atomic E-state index is 10.3. The predicted molar refractivity (Wildman–Crippen MR) is 30.7 cm³/mol.